The number of halogens is 3. The van der Waals surface area contributed by atoms with E-state index in [1.54, 1.807) is 0 Å². The molecule has 2 aliphatic rings. The van der Waals surface area contributed by atoms with Crippen molar-refractivity contribution in [3.05, 3.63) is 0 Å². The highest BCUT2D eigenvalue weighted by Crippen LogP contribution is 2.33. The SMILES string of the molecule is O=C1OCC2(CCNC2)N1CC(F)(F)F. The van der Waals surface area contributed by atoms with Gasteiger partial charge in [0, 0.05) is 6.54 Å². The van der Waals surface area contributed by atoms with Gasteiger partial charge in [0.2, 0.25) is 0 Å². The maximum absolute atomic E-state index is 12.2. The van der Waals surface area contributed by atoms with E-state index in [0.717, 1.165) is 4.90 Å². The lowest BCUT2D eigenvalue weighted by molar-refractivity contribution is -0.146. The first-order chi connectivity index (χ1) is 6.93. The van der Waals surface area contributed by atoms with Crippen LogP contribution in [0.4, 0.5) is 18.0 Å². The number of carbonyl (C=O) groups excluding carboxylic acids is 1. The molecule has 1 N–H and O–H groups in total. The molecule has 0 radical (unpaired) electrons. The first-order valence-electron chi connectivity index (χ1n) is 4.65. The fraction of sp³-hybridized carbons (Fsp3) is 0.875. The Bertz CT molecular complexity index is 274. The molecule has 2 aliphatic heterocycles. The lowest BCUT2D eigenvalue weighted by atomic mass is 9.99. The van der Waals surface area contributed by atoms with Gasteiger partial charge in [0.25, 0.3) is 0 Å². The van der Waals surface area contributed by atoms with E-state index in [0.29, 0.717) is 19.5 Å². The van der Waals surface area contributed by atoms with Crippen molar-refractivity contribution in [2.75, 3.05) is 26.2 Å². The quantitative estimate of drug-likeness (QED) is 0.714. The largest absolute Gasteiger partial charge is 0.447 e. The van der Waals surface area contributed by atoms with E-state index in [1.807, 2.05) is 0 Å². The van der Waals surface area contributed by atoms with Gasteiger partial charge in [-0.3, -0.25) is 4.90 Å². The van der Waals surface area contributed by atoms with E-state index < -0.39 is 24.4 Å². The molecule has 0 aromatic heterocycles. The zero-order valence-corrected chi connectivity index (χ0v) is 7.93. The van der Waals surface area contributed by atoms with Crippen molar-refractivity contribution in [1.29, 1.82) is 0 Å². The molecule has 7 heteroatoms. The van der Waals surface area contributed by atoms with Gasteiger partial charge in [0.05, 0.1) is 5.54 Å². The number of nitrogens with one attached hydrogen (secondary N) is 1. The number of nitrogens with zero attached hydrogens (tertiary/aromatic N) is 1. The molecule has 15 heavy (non-hydrogen) atoms. The summed E-state index contributed by atoms with van der Waals surface area (Å²) in [6.07, 6.45) is -4.73. The number of cyclic esters (lactones) is 1. The number of rotatable bonds is 1. The summed E-state index contributed by atoms with van der Waals surface area (Å²) in [5, 5.41) is 2.95. The van der Waals surface area contributed by atoms with Crippen LogP contribution in [0.25, 0.3) is 0 Å². The molecule has 1 spiro atoms. The van der Waals surface area contributed by atoms with E-state index in [1.165, 1.54) is 0 Å². The molecular weight excluding hydrogens is 213 g/mol. The van der Waals surface area contributed by atoms with Gasteiger partial charge in [0.15, 0.2) is 0 Å². The summed E-state index contributed by atoms with van der Waals surface area (Å²) in [4.78, 5) is 12.0. The van der Waals surface area contributed by atoms with Gasteiger partial charge in [0.1, 0.15) is 13.2 Å². The summed E-state index contributed by atoms with van der Waals surface area (Å²) in [6, 6.07) is 0. The van der Waals surface area contributed by atoms with Crippen LogP contribution in [0.5, 0.6) is 0 Å². The number of hydrogen-bond donors (Lipinski definition) is 1. The van der Waals surface area contributed by atoms with Crippen LogP contribution in [0.3, 0.4) is 0 Å². The van der Waals surface area contributed by atoms with E-state index in [-0.39, 0.29) is 6.61 Å². The Morgan fingerprint density at radius 2 is 2.27 bits per heavy atom. The topological polar surface area (TPSA) is 41.6 Å². The minimum absolute atomic E-state index is 0.0505. The fourth-order valence-corrected chi connectivity index (χ4v) is 2.04. The molecule has 0 aromatic rings. The molecule has 0 aliphatic carbocycles. The van der Waals surface area contributed by atoms with Gasteiger partial charge in [-0.2, -0.15) is 13.2 Å². The van der Waals surface area contributed by atoms with E-state index in [9.17, 15) is 18.0 Å². The monoisotopic (exact) mass is 224 g/mol. The van der Waals surface area contributed by atoms with Crippen LogP contribution in [0.1, 0.15) is 6.42 Å². The Balaban J connectivity index is 2.15. The number of alkyl halides is 3. The lowest BCUT2D eigenvalue weighted by Crippen LogP contribution is -2.52. The average Bonchev–Trinajstić information content (AvgIpc) is 2.67. The fourth-order valence-electron chi connectivity index (χ4n) is 2.04. The highest BCUT2D eigenvalue weighted by Gasteiger charge is 2.52. The number of hydrogen-bond acceptors (Lipinski definition) is 3. The van der Waals surface area contributed by atoms with E-state index in [2.05, 4.69) is 5.32 Å². The van der Waals surface area contributed by atoms with E-state index in [4.69, 9.17) is 4.74 Å². The minimum atomic E-state index is -4.38. The molecule has 2 fully saturated rings. The second-order valence-electron chi connectivity index (χ2n) is 3.91. The molecule has 2 rings (SSSR count). The van der Waals surface area contributed by atoms with Crippen molar-refractivity contribution in [2.45, 2.75) is 18.1 Å². The summed E-state index contributed by atoms with van der Waals surface area (Å²) in [7, 11) is 0. The number of carbonyl (C=O) groups is 1. The predicted molar refractivity (Wildman–Crippen MR) is 44.3 cm³/mol. The number of amides is 1. The highest BCUT2D eigenvalue weighted by atomic mass is 19.4. The molecule has 86 valence electrons. The zero-order valence-electron chi connectivity index (χ0n) is 7.93. The normalized spacial score (nSPS) is 31.4. The second-order valence-corrected chi connectivity index (χ2v) is 3.91. The van der Waals surface area contributed by atoms with Crippen molar-refractivity contribution in [2.24, 2.45) is 0 Å². The van der Waals surface area contributed by atoms with Gasteiger partial charge in [-0.05, 0) is 13.0 Å². The maximum atomic E-state index is 12.2. The summed E-state index contributed by atoms with van der Waals surface area (Å²) >= 11 is 0. The molecule has 2 heterocycles. The first kappa shape index (κ1) is 10.5. The van der Waals surface area contributed by atoms with Crippen molar-refractivity contribution < 1.29 is 22.7 Å². The second kappa shape index (κ2) is 3.26. The third kappa shape index (κ3) is 1.88. The Hall–Kier alpha value is -0.980. The van der Waals surface area contributed by atoms with Crippen LogP contribution in [-0.4, -0.2) is 48.9 Å². The Kier molecular flexibility index (Phi) is 2.29. The zero-order chi connectivity index (χ0) is 11.1. The van der Waals surface area contributed by atoms with Crippen LogP contribution in [-0.2, 0) is 4.74 Å². The van der Waals surface area contributed by atoms with Crippen LogP contribution < -0.4 is 5.32 Å². The molecular formula is C8H11F3N2O2. The van der Waals surface area contributed by atoms with Gasteiger partial charge >= 0.3 is 12.3 Å². The van der Waals surface area contributed by atoms with Crippen molar-refractivity contribution in [3.8, 4) is 0 Å². The summed E-state index contributed by atoms with van der Waals surface area (Å²) in [5.74, 6) is 0. The molecule has 1 amide bonds. The van der Waals surface area contributed by atoms with Crippen molar-refractivity contribution in [1.82, 2.24) is 10.2 Å². The van der Waals surface area contributed by atoms with E-state index >= 15 is 0 Å². The summed E-state index contributed by atoms with van der Waals surface area (Å²) in [6.45, 7) is -0.192. The lowest BCUT2D eigenvalue weighted by Gasteiger charge is -2.31. The highest BCUT2D eigenvalue weighted by molar-refractivity contribution is 5.71. The summed E-state index contributed by atoms with van der Waals surface area (Å²) in [5.41, 5.74) is -0.785. The standard InChI is InChI=1S/C8H11F3N2O2/c9-8(10,11)4-13-6(14)15-5-7(13)1-2-12-3-7/h12H,1-5H2. The Labute approximate surface area is 84.4 Å². The molecule has 2 saturated heterocycles. The maximum Gasteiger partial charge on any atom is 0.410 e. The molecule has 0 bridgehead atoms. The van der Waals surface area contributed by atoms with Gasteiger partial charge in [-0.1, -0.05) is 0 Å². The average molecular weight is 224 g/mol. The Morgan fingerprint density at radius 1 is 1.53 bits per heavy atom. The van der Waals surface area contributed by atoms with Gasteiger partial charge < -0.3 is 10.1 Å². The molecule has 0 saturated carbocycles. The van der Waals surface area contributed by atoms with Crippen LogP contribution >= 0.6 is 0 Å². The minimum Gasteiger partial charge on any atom is -0.447 e. The van der Waals surface area contributed by atoms with Crippen LogP contribution in [0, 0.1) is 0 Å². The third-order valence-electron chi connectivity index (χ3n) is 2.82. The predicted octanol–water partition coefficient (Wildman–Crippen LogP) is 0.733. The van der Waals surface area contributed by atoms with Crippen LogP contribution in [0.2, 0.25) is 0 Å². The number of ether oxygens (including phenoxy) is 1. The summed E-state index contributed by atoms with van der Waals surface area (Å²) < 4.78 is 41.4. The molecule has 0 aromatic carbocycles. The van der Waals surface area contributed by atoms with Crippen molar-refractivity contribution in [3.63, 3.8) is 0 Å². The van der Waals surface area contributed by atoms with Gasteiger partial charge in [-0.15, -0.1) is 0 Å². The Morgan fingerprint density at radius 3 is 2.80 bits per heavy atom. The van der Waals surface area contributed by atoms with Crippen LogP contribution in [0.15, 0.2) is 0 Å². The van der Waals surface area contributed by atoms with Crippen molar-refractivity contribution >= 4 is 6.09 Å². The molecule has 4 nitrogen and oxygen atoms in total. The van der Waals surface area contributed by atoms with Gasteiger partial charge in [-0.25, -0.2) is 4.79 Å². The smallest absolute Gasteiger partial charge is 0.410 e. The molecule has 1 atom stereocenters. The molecule has 1 unspecified atom stereocenters. The first-order valence-corrected chi connectivity index (χ1v) is 4.65. The third-order valence-corrected chi connectivity index (χ3v) is 2.82.